The summed E-state index contributed by atoms with van der Waals surface area (Å²) in [7, 11) is 0. The van der Waals surface area contributed by atoms with E-state index < -0.39 is 18.0 Å². The number of carboxylic acids is 2. The Labute approximate surface area is 180 Å². The van der Waals surface area contributed by atoms with Crippen LogP contribution in [0.4, 0.5) is 0 Å². The monoisotopic (exact) mass is 419 g/mol. The summed E-state index contributed by atoms with van der Waals surface area (Å²) >= 11 is 0. The Hall–Kier alpha value is -3.67. The average molecular weight is 419 g/mol. The Kier molecular flexibility index (Phi) is 6.70. The van der Waals surface area contributed by atoms with Crippen molar-refractivity contribution >= 4 is 28.6 Å². The minimum Gasteiger partial charge on any atom is -0.480 e. The fourth-order valence-electron chi connectivity index (χ4n) is 3.61. The predicted molar refractivity (Wildman–Crippen MR) is 119 cm³/mol. The topological polar surface area (TPSA) is 94.9 Å². The lowest BCUT2D eigenvalue weighted by atomic mass is 9.96. The maximum atomic E-state index is 12.5. The molecule has 31 heavy (non-hydrogen) atoms. The van der Waals surface area contributed by atoms with Gasteiger partial charge >= 0.3 is 11.9 Å². The molecule has 0 fully saturated rings. The molecule has 6 nitrogen and oxygen atoms in total. The molecule has 0 heterocycles. The largest absolute Gasteiger partial charge is 0.480 e. The van der Waals surface area contributed by atoms with Crippen molar-refractivity contribution in [1.82, 2.24) is 4.90 Å². The number of benzene rings is 3. The van der Waals surface area contributed by atoms with E-state index in [1.165, 1.54) is 11.8 Å². The Bertz CT molecular complexity index is 1140. The average Bonchev–Trinajstić information content (AvgIpc) is 2.76. The highest BCUT2D eigenvalue weighted by Gasteiger charge is 2.25. The van der Waals surface area contributed by atoms with Crippen molar-refractivity contribution in [3.8, 4) is 11.1 Å². The Morgan fingerprint density at radius 2 is 1.61 bits per heavy atom. The third-order valence-corrected chi connectivity index (χ3v) is 5.34. The molecule has 0 aliphatic heterocycles. The summed E-state index contributed by atoms with van der Waals surface area (Å²) in [5.41, 5.74) is 2.53. The van der Waals surface area contributed by atoms with Crippen molar-refractivity contribution in [2.24, 2.45) is 0 Å². The van der Waals surface area contributed by atoms with Crippen molar-refractivity contribution in [3.05, 3.63) is 71.8 Å². The second-order valence-corrected chi connectivity index (χ2v) is 7.53. The fraction of sp³-hybridized carbons (Fsp3) is 0.240. The molecule has 0 aliphatic rings. The zero-order valence-electron chi connectivity index (χ0n) is 17.5. The maximum Gasteiger partial charge on any atom is 0.336 e. The third kappa shape index (κ3) is 4.91. The molecule has 0 aliphatic carbocycles. The lowest BCUT2D eigenvalue weighted by Crippen LogP contribution is -2.42. The van der Waals surface area contributed by atoms with Crippen LogP contribution in [-0.2, 0) is 16.1 Å². The van der Waals surface area contributed by atoms with E-state index in [0.717, 1.165) is 21.9 Å². The summed E-state index contributed by atoms with van der Waals surface area (Å²) in [6.45, 7) is 3.62. The number of amides is 1. The van der Waals surface area contributed by atoms with Crippen LogP contribution in [-0.4, -0.2) is 39.0 Å². The number of nitrogens with zero attached hydrogens (tertiary/aromatic N) is 1. The van der Waals surface area contributed by atoms with Gasteiger partial charge in [0, 0.05) is 13.0 Å². The van der Waals surface area contributed by atoms with Crippen LogP contribution in [0.2, 0.25) is 0 Å². The van der Waals surface area contributed by atoms with E-state index in [1.807, 2.05) is 43.3 Å². The minimum atomic E-state index is -1.04. The SMILES string of the molecule is CCCC(=O)N(Cc1ccc2cc(-c3ccccc3C(=O)O)ccc2c1)[C@@H](C)C(=O)O. The Balaban J connectivity index is 1.93. The molecule has 6 heteroatoms. The quantitative estimate of drug-likeness (QED) is 0.546. The number of hydrogen-bond donors (Lipinski definition) is 2. The summed E-state index contributed by atoms with van der Waals surface area (Å²) in [4.78, 5) is 36.9. The summed E-state index contributed by atoms with van der Waals surface area (Å²) in [5.74, 6) is -2.19. The molecule has 0 saturated carbocycles. The number of hydrogen-bond acceptors (Lipinski definition) is 3. The van der Waals surface area contributed by atoms with E-state index in [-0.39, 0.29) is 18.0 Å². The van der Waals surface area contributed by atoms with Crippen LogP contribution >= 0.6 is 0 Å². The van der Waals surface area contributed by atoms with E-state index >= 15 is 0 Å². The van der Waals surface area contributed by atoms with E-state index in [0.29, 0.717) is 18.4 Å². The first kappa shape index (κ1) is 22.0. The van der Waals surface area contributed by atoms with E-state index in [2.05, 4.69) is 0 Å². The lowest BCUT2D eigenvalue weighted by molar-refractivity contribution is -0.150. The number of aliphatic carboxylic acids is 1. The first-order valence-corrected chi connectivity index (χ1v) is 10.2. The minimum absolute atomic E-state index is 0.182. The van der Waals surface area contributed by atoms with Crippen LogP contribution in [0, 0.1) is 0 Å². The fourth-order valence-corrected chi connectivity index (χ4v) is 3.61. The van der Waals surface area contributed by atoms with Gasteiger partial charge in [-0.2, -0.15) is 0 Å². The lowest BCUT2D eigenvalue weighted by Gasteiger charge is -2.27. The highest BCUT2D eigenvalue weighted by molar-refractivity contribution is 5.98. The zero-order valence-corrected chi connectivity index (χ0v) is 17.5. The van der Waals surface area contributed by atoms with Crippen LogP contribution < -0.4 is 0 Å². The Morgan fingerprint density at radius 1 is 0.935 bits per heavy atom. The molecule has 0 aromatic heterocycles. The molecule has 2 N–H and O–H groups in total. The number of aromatic carboxylic acids is 1. The molecule has 160 valence electrons. The molecule has 1 amide bonds. The molecule has 0 spiro atoms. The van der Waals surface area contributed by atoms with Gasteiger partial charge in [0.15, 0.2) is 0 Å². The molecule has 3 aromatic rings. The molecule has 3 aromatic carbocycles. The van der Waals surface area contributed by atoms with Gasteiger partial charge in [-0.05, 0) is 59.0 Å². The normalized spacial score (nSPS) is 11.8. The van der Waals surface area contributed by atoms with E-state index in [9.17, 15) is 24.6 Å². The summed E-state index contributed by atoms with van der Waals surface area (Å²) in [6.07, 6.45) is 0.956. The molecule has 3 rings (SSSR count). The molecule has 1 atom stereocenters. The summed E-state index contributed by atoms with van der Waals surface area (Å²) in [6, 6.07) is 17.4. The molecular weight excluding hydrogens is 394 g/mol. The second kappa shape index (κ2) is 9.43. The standard InChI is InChI=1S/C25H25NO5/c1-3-6-23(27)26(16(2)24(28)29)15-17-9-10-19-14-20(12-11-18(19)13-17)21-7-4-5-8-22(21)25(30)31/h4-5,7-14,16H,3,6,15H2,1-2H3,(H,28,29)(H,30,31)/t16-/m0/s1. The Morgan fingerprint density at radius 3 is 2.29 bits per heavy atom. The van der Waals surface area contributed by atoms with E-state index in [4.69, 9.17) is 0 Å². The predicted octanol–water partition coefficient (Wildman–Crippen LogP) is 4.81. The van der Waals surface area contributed by atoms with Gasteiger partial charge in [-0.1, -0.05) is 49.4 Å². The highest BCUT2D eigenvalue weighted by Crippen LogP contribution is 2.28. The van der Waals surface area contributed by atoms with Gasteiger partial charge in [-0.3, -0.25) is 4.79 Å². The number of carboxylic acid groups (broad SMARTS) is 2. The highest BCUT2D eigenvalue weighted by atomic mass is 16.4. The van der Waals surface area contributed by atoms with Crippen molar-refractivity contribution in [1.29, 1.82) is 0 Å². The van der Waals surface area contributed by atoms with Crippen molar-refractivity contribution in [2.45, 2.75) is 39.3 Å². The van der Waals surface area contributed by atoms with Gasteiger partial charge in [0.25, 0.3) is 0 Å². The number of rotatable bonds is 8. The molecule has 0 unspecified atom stereocenters. The van der Waals surface area contributed by atoms with Crippen LogP contribution in [0.3, 0.4) is 0 Å². The maximum absolute atomic E-state index is 12.5. The molecular formula is C25H25NO5. The van der Waals surface area contributed by atoms with E-state index in [1.54, 1.807) is 24.3 Å². The smallest absolute Gasteiger partial charge is 0.336 e. The zero-order chi connectivity index (χ0) is 22.5. The number of carbonyl (C=O) groups is 3. The van der Waals surface area contributed by atoms with Gasteiger partial charge in [0.1, 0.15) is 6.04 Å². The second-order valence-electron chi connectivity index (χ2n) is 7.53. The summed E-state index contributed by atoms with van der Waals surface area (Å²) in [5, 5.41) is 20.7. The van der Waals surface area contributed by atoms with Gasteiger partial charge in [-0.25, -0.2) is 9.59 Å². The number of fused-ring (bicyclic) bond motifs is 1. The van der Waals surface area contributed by atoms with Crippen molar-refractivity contribution in [2.75, 3.05) is 0 Å². The van der Waals surface area contributed by atoms with Crippen LogP contribution in [0.5, 0.6) is 0 Å². The van der Waals surface area contributed by atoms with Gasteiger partial charge < -0.3 is 15.1 Å². The van der Waals surface area contributed by atoms with Gasteiger partial charge in [0.2, 0.25) is 5.91 Å². The van der Waals surface area contributed by atoms with Crippen molar-refractivity contribution in [3.63, 3.8) is 0 Å². The van der Waals surface area contributed by atoms with Crippen LogP contribution in [0.15, 0.2) is 60.7 Å². The van der Waals surface area contributed by atoms with Crippen molar-refractivity contribution < 1.29 is 24.6 Å². The first-order valence-electron chi connectivity index (χ1n) is 10.2. The third-order valence-electron chi connectivity index (χ3n) is 5.34. The van der Waals surface area contributed by atoms with Crippen LogP contribution in [0.25, 0.3) is 21.9 Å². The summed E-state index contributed by atoms with van der Waals surface area (Å²) < 4.78 is 0. The number of carbonyl (C=O) groups excluding carboxylic acids is 1. The van der Waals surface area contributed by atoms with Crippen LogP contribution in [0.1, 0.15) is 42.6 Å². The van der Waals surface area contributed by atoms with Gasteiger partial charge in [-0.15, -0.1) is 0 Å². The molecule has 0 bridgehead atoms. The van der Waals surface area contributed by atoms with Gasteiger partial charge in [0.05, 0.1) is 5.56 Å². The molecule has 0 saturated heterocycles. The molecule has 0 radical (unpaired) electrons. The first-order chi connectivity index (χ1) is 14.8.